The lowest BCUT2D eigenvalue weighted by atomic mass is 10.2. The zero-order valence-electron chi connectivity index (χ0n) is 18.1. The molecule has 0 bridgehead atoms. The molecule has 162 valence electrons. The Balaban J connectivity index is 1.28. The summed E-state index contributed by atoms with van der Waals surface area (Å²) in [4.78, 5) is 23.0. The van der Waals surface area contributed by atoms with Crippen LogP contribution in [0.4, 0.5) is 5.69 Å². The fourth-order valence-electron chi connectivity index (χ4n) is 4.14. The molecule has 3 aromatic heterocycles. The fraction of sp³-hybridized carbons (Fsp3) is 0.261. The van der Waals surface area contributed by atoms with Gasteiger partial charge in [-0.25, -0.2) is 9.67 Å². The van der Waals surface area contributed by atoms with Gasteiger partial charge in [0.25, 0.3) is 5.91 Å². The lowest BCUT2D eigenvalue weighted by molar-refractivity contribution is 0.0740. The molecular weight excluding hydrogens is 404 g/mol. The van der Waals surface area contributed by atoms with Gasteiger partial charge < -0.3 is 9.80 Å². The minimum absolute atomic E-state index is 0.0931. The van der Waals surface area contributed by atoms with Crippen LogP contribution in [-0.4, -0.2) is 66.7 Å². The number of carbonyl (C=O) groups is 1. The summed E-state index contributed by atoms with van der Waals surface area (Å²) in [6.45, 7) is 6.77. The summed E-state index contributed by atoms with van der Waals surface area (Å²) in [6, 6.07) is 15.4. The maximum Gasteiger partial charge on any atom is 0.276 e. The third-order valence-corrected chi connectivity index (χ3v) is 5.70. The molecule has 1 aromatic carbocycles. The molecule has 9 heteroatoms. The Hall–Kier alpha value is -4.01. The number of benzene rings is 1. The average Bonchev–Trinajstić information content (AvgIpc) is 3.45. The number of hydrogen-bond donors (Lipinski definition) is 0. The van der Waals surface area contributed by atoms with Gasteiger partial charge in [-0.15, -0.1) is 5.10 Å². The number of pyridine rings is 1. The molecule has 0 saturated carbocycles. The number of nitrogens with zero attached hydrogens (tertiary/aromatic N) is 8. The van der Waals surface area contributed by atoms with Gasteiger partial charge in [0.2, 0.25) is 0 Å². The van der Waals surface area contributed by atoms with Crippen LogP contribution < -0.4 is 4.90 Å². The SMILES string of the molecule is Cc1nn(-c2ccccn2)c(C)c1N1CCN(C(=O)c2cnn(-c3ccccc3)n2)CC1. The van der Waals surface area contributed by atoms with Crippen molar-refractivity contribution < 1.29 is 4.79 Å². The Morgan fingerprint density at radius 3 is 2.38 bits per heavy atom. The predicted molar refractivity (Wildman–Crippen MR) is 120 cm³/mol. The van der Waals surface area contributed by atoms with Crippen molar-refractivity contribution in [2.45, 2.75) is 13.8 Å². The number of anilines is 1. The number of aryl methyl sites for hydroxylation is 1. The first-order valence-electron chi connectivity index (χ1n) is 10.6. The van der Waals surface area contributed by atoms with Crippen LogP contribution in [0.5, 0.6) is 0 Å². The Labute approximate surface area is 185 Å². The molecular formula is C23H24N8O. The number of hydrogen-bond acceptors (Lipinski definition) is 6. The largest absolute Gasteiger partial charge is 0.365 e. The van der Waals surface area contributed by atoms with Crippen molar-refractivity contribution in [1.82, 2.24) is 34.7 Å². The molecule has 4 aromatic rings. The Morgan fingerprint density at radius 1 is 0.906 bits per heavy atom. The second-order valence-electron chi connectivity index (χ2n) is 7.75. The van der Waals surface area contributed by atoms with Crippen molar-refractivity contribution in [2.75, 3.05) is 31.1 Å². The van der Waals surface area contributed by atoms with E-state index in [0.29, 0.717) is 18.8 Å². The van der Waals surface area contributed by atoms with Crippen LogP contribution in [0.3, 0.4) is 0 Å². The van der Waals surface area contributed by atoms with Crippen LogP contribution in [0, 0.1) is 13.8 Å². The Bertz CT molecular complexity index is 1220. The van der Waals surface area contributed by atoms with Crippen molar-refractivity contribution in [2.24, 2.45) is 0 Å². The van der Waals surface area contributed by atoms with Gasteiger partial charge in [0.05, 0.1) is 29.0 Å². The topological polar surface area (TPSA) is 85.0 Å². The van der Waals surface area contributed by atoms with Crippen molar-refractivity contribution >= 4 is 11.6 Å². The highest BCUT2D eigenvalue weighted by molar-refractivity contribution is 5.92. The first-order valence-corrected chi connectivity index (χ1v) is 10.6. The summed E-state index contributed by atoms with van der Waals surface area (Å²) < 4.78 is 1.88. The summed E-state index contributed by atoms with van der Waals surface area (Å²) >= 11 is 0. The summed E-state index contributed by atoms with van der Waals surface area (Å²) in [5.41, 5.74) is 4.30. The quantitative estimate of drug-likeness (QED) is 0.496. The number of amides is 1. The van der Waals surface area contributed by atoms with E-state index in [9.17, 15) is 4.79 Å². The second-order valence-corrected chi connectivity index (χ2v) is 7.75. The van der Waals surface area contributed by atoms with Crippen LogP contribution in [-0.2, 0) is 0 Å². The van der Waals surface area contributed by atoms with Gasteiger partial charge in [-0.05, 0) is 38.1 Å². The van der Waals surface area contributed by atoms with Gasteiger partial charge in [-0.3, -0.25) is 4.79 Å². The molecule has 9 nitrogen and oxygen atoms in total. The van der Waals surface area contributed by atoms with Crippen molar-refractivity contribution in [1.29, 1.82) is 0 Å². The molecule has 1 saturated heterocycles. The number of rotatable bonds is 4. The molecule has 1 aliphatic rings. The van der Waals surface area contributed by atoms with Gasteiger partial charge >= 0.3 is 0 Å². The lowest BCUT2D eigenvalue weighted by Gasteiger charge is -2.35. The van der Waals surface area contributed by atoms with Crippen LogP contribution in [0.15, 0.2) is 60.9 Å². The third kappa shape index (κ3) is 3.62. The molecule has 0 atom stereocenters. The van der Waals surface area contributed by atoms with E-state index < -0.39 is 0 Å². The van der Waals surface area contributed by atoms with Crippen LogP contribution in [0.1, 0.15) is 21.9 Å². The fourth-order valence-corrected chi connectivity index (χ4v) is 4.14. The van der Waals surface area contributed by atoms with Gasteiger partial charge in [0.1, 0.15) is 0 Å². The van der Waals surface area contributed by atoms with E-state index in [4.69, 9.17) is 5.10 Å². The first-order chi connectivity index (χ1) is 15.6. The zero-order chi connectivity index (χ0) is 22.1. The predicted octanol–water partition coefficient (Wildman–Crippen LogP) is 2.43. The summed E-state index contributed by atoms with van der Waals surface area (Å²) in [5.74, 6) is 0.708. The molecule has 0 radical (unpaired) electrons. The average molecular weight is 429 g/mol. The van der Waals surface area contributed by atoms with Gasteiger partial charge in [0, 0.05) is 32.4 Å². The number of para-hydroxylation sites is 1. The van der Waals surface area contributed by atoms with E-state index in [0.717, 1.165) is 41.7 Å². The maximum atomic E-state index is 13.0. The van der Waals surface area contributed by atoms with E-state index in [-0.39, 0.29) is 5.91 Å². The summed E-state index contributed by atoms with van der Waals surface area (Å²) in [7, 11) is 0. The monoisotopic (exact) mass is 428 g/mol. The molecule has 1 fully saturated rings. The van der Waals surface area contributed by atoms with Gasteiger partial charge in [0.15, 0.2) is 11.5 Å². The molecule has 1 amide bonds. The third-order valence-electron chi connectivity index (χ3n) is 5.70. The molecule has 32 heavy (non-hydrogen) atoms. The minimum atomic E-state index is -0.0931. The van der Waals surface area contributed by atoms with Crippen LogP contribution >= 0.6 is 0 Å². The number of aromatic nitrogens is 6. The first kappa shape index (κ1) is 19.9. The normalized spacial score (nSPS) is 14.1. The molecule has 4 heterocycles. The van der Waals surface area contributed by atoms with Crippen molar-refractivity contribution in [3.8, 4) is 11.5 Å². The summed E-state index contributed by atoms with van der Waals surface area (Å²) in [5, 5.41) is 13.3. The lowest BCUT2D eigenvalue weighted by Crippen LogP contribution is -2.49. The Kier molecular flexibility index (Phi) is 5.14. The second kappa shape index (κ2) is 8.26. The summed E-state index contributed by atoms with van der Waals surface area (Å²) in [6.07, 6.45) is 3.30. The van der Waals surface area contributed by atoms with Crippen molar-refractivity contribution in [3.63, 3.8) is 0 Å². The van der Waals surface area contributed by atoms with E-state index in [1.165, 1.54) is 11.0 Å². The number of carbonyl (C=O) groups excluding carboxylic acids is 1. The van der Waals surface area contributed by atoms with E-state index in [2.05, 4.69) is 27.0 Å². The molecule has 1 aliphatic heterocycles. The van der Waals surface area contributed by atoms with E-state index in [1.54, 1.807) is 6.20 Å². The van der Waals surface area contributed by atoms with Crippen LogP contribution in [0.25, 0.3) is 11.5 Å². The zero-order valence-corrected chi connectivity index (χ0v) is 18.1. The standard InChI is InChI=1S/C23H24N8O/c1-17-22(18(2)30(26-17)21-10-6-7-11-24-21)28-12-14-29(15-13-28)23(32)20-16-25-31(27-20)19-8-4-3-5-9-19/h3-11,16H,12-15H2,1-2H3. The smallest absolute Gasteiger partial charge is 0.276 e. The van der Waals surface area contributed by atoms with E-state index >= 15 is 0 Å². The highest BCUT2D eigenvalue weighted by Crippen LogP contribution is 2.27. The van der Waals surface area contributed by atoms with Crippen LogP contribution in [0.2, 0.25) is 0 Å². The molecule has 0 unspecified atom stereocenters. The van der Waals surface area contributed by atoms with Gasteiger partial charge in [-0.1, -0.05) is 24.3 Å². The maximum absolute atomic E-state index is 13.0. The van der Waals surface area contributed by atoms with E-state index in [1.807, 2.05) is 65.0 Å². The molecule has 0 aliphatic carbocycles. The highest BCUT2D eigenvalue weighted by Gasteiger charge is 2.27. The Morgan fingerprint density at radius 2 is 1.66 bits per heavy atom. The van der Waals surface area contributed by atoms with Gasteiger partial charge in [-0.2, -0.15) is 15.0 Å². The minimum Gasteiger partial charge on any atom is -0.365 e. The molecule has 0 spiro atoms. The molecule has 0 N–H and O–H groups in total. The van der Waals surface area contributed by atoms with Crippen molar-refractivity contribution in [3.05, 3.63) is 78.0 Å². The molecule has 5 rings (SSSR count). The number of piperazine rings is 1. The highest BCUT2D eigenvalue weighted by atomic mass is 16.2.